The maximum Gasteiger partial charge on any atom is 0.251 e. The first-order valence-corrected chi connectivity index (χ1v) is 8.36. The number of carbonyl (C=O) groups is 1. The van der Waals surface area contributed by atoms with Gasteiger partial charge in [-0.25, -0.2) is 0 Å². The third kappa shape index (κ3) is 3.48. The minimum atomic E-state index is -0.0610. The standard InChI is InChI=1S/C19H18N2OS/c1-13-7-8-15(11-14(13)2)19(22)21-12-16-5-3-9-20-18(16)17-6-4-10-23-17/h3-11H,12H2,1-2H3,(H,21,22). The van der Waals surface area contributed by atoms with Crippen LogP contribution in [0, 0.1) is 13.8 Å². The fraction of sp³-hybridized carbons (Fsp3) is 0.158. The second kappa shape index (κ2) is 6.75. The Kier molecular flexibility index (Phi) is 4.53. The first-order chi connectivity index (χ1) is 11.1. The number of rotatable bonds is 4. The first kappa shape index (κ1) is 15.4. The van der Waals surface area contributed by atoms with Crippen LogP contribution in [0.5, 0.6) is 0 Å². The Labute approximate surface area is 140 Å². The molecule has 23 heavy (non-hydrogen) atoms. The van der Waals surface area contributed by atoms with E-state index in [1.54, 1.807) is 17.5 Å². The van der Waals surface area contributed by atoms with Crippen molar-refractivity contribution in [3.8, 4) is 10.6 Å². The molecule has 0 aliphatic rings. The van der Waals surface area contributed by atoms with Crippen LogP contribution < -0.4 is 5.32 Å². The third-order valence-electron chi connectivity index (χ3n) is 3.85. The van der Waals surface area contributed by atoms with Crippen molar-refractivity contribution < 1.29 is 4.79 Å². The molecule has 0 atom stereocenters. The minimum Gasteiger partial charge on any atom is -0.348 e. The summed E-state index contributed by atoms with van der Waals surface area (Å²) in [6.07, 6.45) is 1.78. The predicted octanol–water partition coefficient (Wildman–Crippen LogP) is 4.36. The van der Waals surface area contributed by atoms with Crippen molar-refractivity contribution in [3.63, 3.8) is 0 Å². The predicted molar refractivity (Wildman–Crippen MR) is 94.6 cm³/mol. The van der Waals surface area contributed by atoms with Gasteiger partial charge in [0.05, 0.1) is 10.6 Å². The maximum atomic E-state index is 12.4. The Morgan fingerprint density at radius 1 is 1.13 bits per heavy atom. The molecule has 1 amide bonds. The largest absolute Gasteiger partial charge is 0.348 e. The summed E-state index contributed by atoms with van der Waals surface area (Å²) in [6.45, 7) is 4.52. The summed E-state index contributed by atoms with van der Waals surface area (Å²) in [7, 11) is 0. The molecule has 0 saturated heterocycles. The van der Waals surface area contributed by atoms with Crippen molar-refractivity contribution in [1.82, 2.24) is 10.3 Å². The monoisotopic (exact) mass is 322 g/mol. The third-order valence-corrected chi connectivity index (χ3v) is 4.73. The van der Waals surface area contributed by atoms with E-state index in [0.717, 1.165) is 21.7 Å². The van der Waals surface area contributed by atoms with E-state index < -0.39 is 0 Å². The number of aromatic nitrogens is 1. The van der Waals surface area contributed by atoms with Crippen LogP contribution in [0.2, 0.25) is 0 Å². The van der Waals surface area contributed by atoms with Crippen LogP contribution in [-0.2, 0) is 6.54 Å². The van der Waals surface area contributed by atoms with E-state index in [4.69, 9.17) is 0 Å². The van der Waals surface area contributed by atoms with E-state index in [2.05, 4.69) is 10.3 Å². The van der Waals surface area contributed by atoms with Gasteiger partial charge in [-0.3, -0.25) is 9.78 Å². The van der Waals surface area contributed by atoms with Crippen LogP contribution in [-0.4, -0.2) is 10.9 Å². The van der Waals surface area contributed by atoms with E-state index in [0.29, 0.717) is 12.1 Å². The summed E-state index contributed by atoms with van der Waals surface area (Å²) < 4.78 is 0. The van der Waals surface area contributed by atoms with Gasteiger partial charge in [-0.15, -0.1) is 11.3 Å². The molecule has 4 heteroatoms. The molecule has 0 aliphatic carbocycles. The molecule has 2 heterocycles. The first-order valence-electron chi connectivity index (χ1n) is 7.48. The van der Waals surface area contributed by atoms with E-state index in [1.807, 2.05) is 61.7 Å². The second-order valence-corrected chi connectivity index (χ2v) is 6.42. The molecule has 0 bridgehead atoms. The maximum absolute atomic E-state index is 12.4. The molecule has 1 N–H and O–H groups in total. The summed E-state index contributed by atoms with van der Waals surface area (Å²) in [4.78, 5) is 17.9. The molecule has 116 valence electrons. The fourth-order valence-corrected chi connectivity index (χ4v) is 3.13. The molecule has 1 aromatic carbocycles. The van der Waals surface area contributed by atoms with Gasteiger partial charge in [-0.1, -0.05) is 18.2 Å². The molecule has 2 aromatic heterocycles. The highest BCUT2D eigenvalue weighted by Crippen LogP contribution is 2.25. The number of thiophene rings is 1. The van der Waals surface area contributed by atoms with Crippen molar-refractivity contribution in [3.05, 3.63) is 76.3 Å². The lowest BCUT2D eigenvalue weighted by Gasteiger charge is -2.10. The highest BCUT2D eigenvalue weighted by atomic mass is 32.1. The zero-order valence-electron chi connectivity index (χ0n) is 13.2. The molecule has 3 rings (SSSR count). The Morgan fingerprint density at radius 3 is 2.74 bits per heavy atom. The topological polar surface area (TPSA) is 42.0 Å². The van der Waals surface area contributed by atoms with Crippen molar-refractivity contribution >= 4 is 17.2 Å². The average molecular weight is 322 g/mol. The molecular weight excluding hydrogens is 304 g/mol. The van der Waals surface area contributed by atoms with Crippen molar-refractivity contribution in [1.29, 1.82) is 0 Å². The van der Waals surface area contributed by atoms with Gasteiger partial charge in [-0.2, -0.15) is 0 Å². The highest BCUT2D eigenvalue weighted by Gasteiger charge is 2.10. The molecule has 0 fully saturated rings. The van der Waals surface area contributed by atoms with Gasteiger partial charge < -0.3 is 5.32 Å². The summed E-state index contributed by atoms with van der Waals surface area (Å²) >= 11 is 1.65. The van der Waals surface area contributed by atoms with E-state index in [9.17, 15) is 4.79 Å². The number of aryl methyl sites for hydroxylation is 2. The van der Waals surface area contributed by atoms with E-state index in [-0.39, 0.29) is 5.91 Å². The van der Waals surface area contributed by atoms with Gasteiger partial charge in [-0.05, 0) is 60.2 Å². The quantitative estimate of drug-likeness (QED) is 0.775. The Morgan fingerprint density at radius 2 is 2.00 bits per heavy atom. The number of amides is 1. The lowest BCUT2D eigenvalue weighted by Crippen LogP contribution is -2.23. The van der Waals surface area contributed by atoms with Gasteiger partial charge in [0, 0.05) is 18.3 Å². The van der Waals surface area contributed by atoms with Crippen LogP contribution in [0.25, 0.3) is 10.6 Å². The average Bonchev–Trinajstić information content (AvgIpc) is 3.10. The summed E-state index contributed by atoms with van der Waals surface area (Å²) in [5.41, 5.74) is 4.96. The number of nitrogens with zero attached hydrogens (tertiary/aromatic N) is 1. The number of hydrogen-bond acceptors (Lipinski definition) is 3. The Balaban J connectivity index is 1.76. The van der Waals surface area contributed by atoms with Crippen molar-refractivity contribution in [2.45, 2.75) is 20.4 Å². The van der Waals surface area contributed by atoms with Crippen LogP contribution in [0.1, 0.15) is 27.0 Å². The summed E-state index contributed by atoms with van der Waals surface area (Å²) in [6, 6.07) is 13.7. The normalized spacial score (nSPS) is 10.5. The van der Waals surface area contributed by atoms with Gasteiger partial charge in [0.1, 0.15) is 0 Å². The second-order valence-electron chi connectivity index (χ2n) is 5.47. The van der Waals surface area contributed by atoms with Crippen LogP contribution in [0.3, 0.4) is 0 Å². The molecular formula is C19H18N2OS. The fourth-order valence-electron chi connectivity index (χ4n) is 2.38. The molecule has 0 saturated carbocycles. The van der Waals surface area contributed by atoms with Gasteiger partial charge in [0.2, 0.25) is 0 Å². The highest BCUT2D eigenvalue weighted by molar-refractivity contribution is 7.13. The van der Waals surface area contributed by atoms with E-state index in [1.165, 1.54) is 5.56 Å². The zero-order chi connectivity index (χ0) is 16.2. The molecule has 0 radical (unpaired) electrons. The SMILES string of the molecule is Cc1ccc(C(=O)NCc2cccnc2-c2cccs2)cc1C. The molecule has 0 spiro atoms. The van der Waals surface area contributed by atoms with Gasteiger partial charge in [0.15, 0.2) is 0 Å². The van der Waals surface area contributed by atoms with Crippen molar-refractivity contribution in [2.75, 3.05) is 0 Å². The minimum absolute atomic E-state index is 0.0610. The van der Waals surface area contributed by atoms with Gasteiger partial charge >= 0.3 is 0 Å². The summed E-state index contributed by atoms with van der Waals surface area (Å²) in [5.74, 6) is -0.0610. The zero-order valence-corrected chi connectivity index (χ0v) is 14.0. The number of nitrogens with one attached hydrogen (secondary N) is 1. The van der Waals surface area contributed by atoms with Gasteiger partial charge in [0.25, 0.3) is 5.91 Å². The lowest BCUT2D eigenvalue weighted by atomic mass is 10.1. The van der Waals surface area contributed by atoms with Crippen LogP contribution in [0.4, 0.5) is 0 Å². The Bertz CT molecular complexity index is 825. The molecule has 3 nitrogen and oxygen atoms in total. The smallest absolute Gasteiger partial charge is 0.251 e. The number of carbonyl (C=O) groups excluding carboxylic acids is 1. The molecule has 0 aliphatic heterocycles. The molecule has 3 aromatic rings. The Hall–Kier alpha value is -2.46. The van der Waals surface area contributed by atoms with E-state index >= 15 is 0 Å². The lowest BCUT2D eigenvalue weighted by molar-refractivity contribution is 0.0951. The van der Waals surface area contributed by atoms with Crippen molar-refractivity contribution in [2.24, 2.45) is 0 Å². The van der Waals surface area contributed by atoms with Crippen LogP contribution >= 0.6 is 11.3 Å². The number of hydrogen-bond donors (Lipinski definition) is 1. The number of benzene rings is 1. The number of pyridine rings is 1. The molecule has 0 unspecified atom stereocenters. The van der Waals surface area contributed by atoms with Crippen LogP contribution in [0.15, 0.2) is 54.0 Å². The summed E-state index contributed by atoms with van der Waals surface area (Å²) in [5, 5.41) is 5.02.